The molecule has 2 aromatic rings. The molecule has 0 saturated heterocycles. The van der Waals surface area contributed by atoms with Crippen LogP contribution in [-0.4, -0.2) is 7.11 Å². The van der Waals surface area contributed by atoms with E-state index in [1.165, 1.54) is 6.07 Å². The molecule has 0 radical (unpaired) electrons. The number of ether oxygens (including phenoxy) is 2. The molecule has 0 atom stereocenters. The summed E-state index contributed by atoms with van der Waals surface area (Å²) in [7, 11) is 1.56. The molecule has 0 saturated carbocycles. The maximum absolute atomic E-state index is 13.5. The first-order valence-corrected chi connectivity index (χ1v) is 5.61. The first kappa shape index (κ1) is 13.1. The van der Waals surface area contributed by atoms with E-state index in [9.17, 15) is 8.78 Å². The molecule has 2 N–H and O–H groups in total. The van der Waals surface area contributed by atoms with Crippen molar-refractivity contribution in [1.29, 1.82) is 0 Å². The van der Waals surface area contributed by atoms with Gasteiger partial charge in [-0.15, -0.1) is 0 Å². The van der Waals surface area contributed by atoms with Crippen molar-refractivity contribution in [3.8, 4) is 11.5 Å². The lowest BCUT2D eigenvalue weighted by atomic mass is 10.2. The van der Waals surface area contributed by atoms with Crippen molar-refractivity contribution in [2.75, 3.05) is 12.8 Å². The summed E-state index contributed by atoms with van der Waals surface area (Å²) in [6.45, 7) is 0.0918. The van der Waals surface area contributed by atoms with Crippen LogP contribution in [0, 0.1) is 11.6 Å². The third kappa shape index (κ3) is 2.93. The lowest BCUT2D eigenvalue weighted by Crippen LogP contribution is -2.02. The molecule has 0 aliphatic carbocycles. The molecular formula is C14H13F2NO2. The fourth-order valence-electron chi connectivity index (χ4n) is 1.57. The Morgan fingerprint density at radius 2 is 1.74 bits per heavy atom. The Labute approximate surface area is 109 Å². The van der Waals surface area contributed by atoms with E-state index < -0.39 is 11.6 Å². The molecule has 100 valence electrons. The van der Waals surface area contributed by atoms with Crippen LogP contribution in [0.4, 0.5) is 14.5 Å². The highest BCUT2D eigenvalue weighted by molar-refractivity contribution is 5.53. The van der Waals surface area contributed by atoms with E-state index in [1.54, 1.807) is 31.4 Å². The van der Waals surface area contributed by atoms with Gasteiger partial charge in [0, 0.05) is 0 Å². The zero-order valence-corrected chi connectivity index (χ0v) is 10.3. The van der Waals surface area contributed by atoms with Crippen LogP contribution in [0.5, 0.6) is 11.5 Å². The van der Waals surface area contributed by atoms with Crippen molar-refractivity contribution >= 4 is 5.69 Å². The quantitative estimate of drug-likeness (QED) is 0.864. The molecule has 0 spiro atoms. The Balaban J connectivity index is 2.12. The largest absolute Gasteiger partial charge is 0.497 e. The van der Waals surface area contributed by atoms with E-state index >= 15 is 0 Å². The number of methoxy groups -OCH3 is 1. The van der Waals surface area contributed by atoms with Crippen molar-refractivity contribution in [2.45, 2.75) is 6.61 Å². The van der Waals surface area contributed by atoms with Crippen molar-refractivity contribution in [1.82, 2.24) is 0 Å². The monoisotopic (exact) mass is 265 g/mol. The SMILES string of the molecule is COc1ccc(COc2c(N)ccc(F)c2F)cc1. The number of benzene rings is 2. The standard InChI is InChI=1S/C14H13F2NO2/c1-18-10-4-2-9(3-5-10)8-19-14-12(17)7-6-11(15)13(14)16/h2-7H,8,17H2,1H3. The molecule has 0 bridgehead atoms. The number of rotatable bonds is 4. The topological polar surface area (TPSA) is 44.5 Å². The molecule has 0 aromatic heterocycles. The molecule has 2 rings (SSSR count). The Bertz CT molecular complexity index is 570. The Morgan fingerprint density at radius 1 is 1.05 bits per heavy atom. The predicted molar refractivity (Wildman–Crippen MR) is 68.1 cm³/mol. The van der Waals surface area contributed by atoms with E-state index in [0.717, 1.165) is 11.6 Å². The number of nitrogen functional groups attached to an aromatic ring is 1. The zero-order chi connectivity index (χ0) is 13.8. The maximum Gasteiger partial charge on any atom is 0.202 e. The van der Waals surface area contributed by atoms with Crippen molar-refractivity contribution < 1.29 is 18.3 Å². The fraction of sp³-hybridized carbons (Fsp3) is 0.143. The lowest BCUT2D eigenvalue weighted by Gasteiger charge is -2.10. The smallest absolute Gasteiger partial charge is 0.202 e. The molecule has 0 unspecified atom stereocenters. The van der Waals surface area contributed by atoms with Gasteiger partial charge >= 0.3 is 0 Å². The van der Waals surface area contributed by atoms with Crippen LogP contribution in [0.3, 0.4) is 0 Å². The number of hydrogen-bond acceptors (Lipinski definition) is 3. The summed E-state index contributed by atoms with van der Waals surface area (Å²) < 4.78 is 36.8. The van der Waals surface area contributed by atoms with Gasteiger partial charge in [0.15, 0.2) is 11.6 Å². The highest BCUT2D eigenvalue weighted by Gasteiger charge is 2.13. The van der Waals surface area contributed by atoms with Crippen LogP contribution in [0.25, 0.3) is 0 Å². The Hall–Kier alpha value is -2.30. The summed E-state index contributed by atoms with van der Waals surface area (Å²) in [6, 6.07) is 9.28. The van der Waals surface area contributed by atoms with Gasteiger partial charge < -0.3 is 15.2 Å². The van der Waals surface area contributed by atoms with Gasteiger partial charge in [-0.1, -0.05) is 12.1 Å². The van der Waals surface area contributed by atoms with Gasteiger partial charge in [0.05, 0.1) is 12.8 Å². The van der Waals surface area contributed by atoms with E-state index in [4.69, 9.17) is 15.2 Å². The number of anilines is 1. The van der Waals surface area contributed by atoms with Gasteiger partial charge in [0.1, 0.15) is 12.4 Å². The summed E-state index contributed by atoms with van der Waals surface area (Å²) in [4.78, 5) is 0. The number of halogens is 2. The summed E-state index contributed by atoms with van der Waals surface area (Å²) in [5.41, 5.74) is 6.41. The Morgan fingerprint density at radius 3 is 2.37 bits per heavy atom. The lowest BCUT2D eigenvalue weighted by molar-refractivity contribution is 0.286. The van der Waals surface area contributed by atoms with Gasteiger partial charge in [0.25, 0.3) is 0 Å². The molecule has 2 aromatic carbocycles. The second-order valence-electron chi connectivity index (χ2n) is 3.92. The van der Waals surface area contributed by atoms with E-state index in [0.29, 0.717) is 5.75 Å². The van der Waals surface area contributed by atoms with Crippen molar-refractivity contribution in [3.05, 3.63) is 53.6 Å². The zero-order valence-electron chi connectivity index (χ0n) is 10.3. The molecule has 0 aliphatic heterocycles. The summed E-state index contributed by atoms with van der Waals surface area (Å²) >= 11 is 0. The molecule has 0 heterocycles. The third-order valence-corrected chi connectivity index (χ3v) is 2.62. The Kier molecular flexibility index (Phi) is 3.85. The van der Waals surface area contributed by atoms with Crippen LogP contribution in [-0.2, 0) is 6.61 Å². The minimum Gasteiger partial charge on any atom is -0.497 e. The second-order valence-corrected chi connectivity index (χ2v) is 3.92. The maximum atomic E-state index is 13.5. The average Bonchev–Trinajstić information content (AvgIpc) is 2.44. The average molecular weight is 265 g/mol. The van der Waals surface area contributed by atoms with Crippen LogP contribution in [0.1, 0.15) is 5.56 Å². The fourth-order valence-corrected chi connectivity index (χ4v) is 1.57. The minimum absolute atomic E-state index is 0.0624. The van der Waals surface area contributed by atoms with Crippen LogP contribution >= 0.6 is 0 Å². The summed E-state index contributed by atoms with van der Waals surface area (Å²) in [5, 5.41) is 0. The molecule has 0 fully saturated rings. The molecule has 19 heavy (non-hydrogen) atoms. The first-order chi connectivity index (χ1) is 9.11. The molecule has 0 aliphatic rings. The van der Waals surface area contributed by atoms with Gasteiger partial charge in [-0.3, -0.25) is 0 Å². The minimum atomic E-state index is -1.08. The van der Waals surface area contributed by atoms with Crippen molar-refractivity contribution in [2.24, 2.45) is 0 Å². The second kappa shape index (κ2) is 5.56. The van der Waals surface area contributed by atoms with Crippen LogP contribution < -0.4 is 15.2 Å². The van der Waals surface area contributed by atoms with E-state index in [-0.39, 0.29) is 18.0 Å². The summed E-state index contributed by atoms with van der Waals surface area (Å²) in [6.07, 6.45) is 0. The first-order valence-electron chi connectivity index (χ1n) is 5.61. The van der Waals surface area contributed by atoms with Gasteiger partial charge in [0.2, 0.25) is 5.82 Å². The van der Waals surface area contributed by atoms with Gasteiger partial charge in [-0.25, -0.2) is 4.39 Å². The van der Waals surface area contributed by atoms with E-state index in [1.807, 2.05) is 0 Å². The van der Waals surface area contributed by atoms with Gasteiger partial charge in [-0.05, 0) is 29.8 Å². The van der Waals surface area contributed by atoms with Crippen LogP contribution in [0.15, 0.2) is 36.4 Å². The third-order valence-electron chi connectivity index (χ3n) is 2.62. The molecule has 5 heteroatoms. The normalized spacial score (nSPS) is 10.3. The number of nitrogens with two attached hydrogens (primary N) is 1. The molecule has 3 nitrogen and oxygen atoms in total. The highest BCUT2D eigenvalue weighted by atomic mass is 19.2. The molecule has 0 amide bonds. The molecular weight excluding hydrogens is 252 g/mol. The van der Waals surface area contributed by atoms with Gasteiger partial charge in [-0.2, -0.15) is 4.39 Å². The highest BCUT2D eigenvalue weighted by Crippen LogP contribution is 2.28. The summed E-state index contributed by atoms with van der Waals surface area (Å²) in [5.74, 6) is -1.62. The van der Waals surface area contributed by atoms with E-state index in [2.05, 4.69) is 0 Å². The predicted octanol–water partition coefficient (Wildman–Crippen LogP) is 3.13. The van der Waals surface area contributed by atoms with Crippen LogP contribution in [0.2, 0.25) is 0 Å². The van der Waals surface area contributed by atoms with Crippen molar-refractivity contribution in [3.63, 3.8) is 0 Å². The number of hydrogen-bond donors (Lipinski definition) is 1.